The van der Waals surface area contributed by atoms with Gasteiger partial charge in [-0.1, -0.05) is 80.0 Å². The van der Waals surface area contributed by atoms with Gasteiger partial charge in [0.15, 0.2) is 0 Å². The third kappa shape index (κ3) is 7.37. The molecule has 0 saturated heterocycles. The highest BCUT2D eigenvalue weighted by atomic mass is 15.1. The Kier molecular flexibility index (Phi) is 10.0. The van der Waals surface area contributed by atoms with E-state index in [2.05, 4.69) is 60.6 Å². The number of hydrogen-bond acceptors (Lipinski definition) is 1. The summed E-state index contributed by atoms with van der Waals surface area (Å²) in [6.07, 6.45) is 20.4. The molecule has 0 N–H and O–H groups in total. The molecule has 27 heavy (non-hydrogen) atoms. The van der Waals surface area contributed by atoms with Gasteiger partial charge in [-0.25, -0.2) is 0 Å². The van der Waals surface area contributed by atoms with Crippen LogP contribution >= 0.6 is 0 Å². The highest BCUT2D eigenvalue weighted by Gasteiger charge is 2.10. The van der Waals surface area contributed by atoms with Crippen molar-refractivity contribution in [3.05, 3.63) is 127 Å². The fourth-order valence-electron chi connectivity index (χ4n) is 2.51. The van der Waals surface area contributed by atoms with Crippen molar-refractivity contribution in [2.45, 2.75) is 27.7 Å². The van der Waals surface area contributed by atoms with E-state index in [-0.39, 0.29) is 0 Å². The van der Waals surface area contributed by atoms with Crippen LogP contribution in [0.25, 0.3) is 0 Å². The maximum atomic E-state index is 4.27. The lowest BCUT2D eigenvalue weighted by Crippen LogP contribution is -2.19. The average Bonchev–Trinajstić information content (AvgIpc) is 2.69. The van der Waals surface area contributed by atoms with E-state index in [1.165, 1.54) is 0 Å². The maximum absolute atomic E-state index is 4.27. The van der Waals surface area contributed by atoms with Crippen molar-refractivity contribution in [1.29, 1.82) is 0 Å². The summed E-state index contributed by atoms with van der Waals surface area (Å²) in [7, 11) is 0. The van der Waals surface area contributed by atoms with E-state index in [1.54, 1.807) is 0 Å². The van der Waals surface area contributed by atoms with Crippen LogP contribution in [0.5, 0.6) is 0 Å². The number of anilines is 1. The monoisotopic (exact) mass is 357 g/mol. The minimum Gasteiger partial charge on any atom is -0.311 e. The van der Waals surface area contributed by atoms with E-state index in [9.17, 15) is 0 Å². The van der Waals surface area contributed by atoms with Gasteiger partial charge in [0.1, 0.15) is 0 Å². The molecule has 0 aliphatic rings. The normalized spacial score (nSPS) is 13.3. The topological polar surface area (TPSA) is 3.24 Å². The lowest BCUT2D eigenvalue weighted by atomic mass is 10.1. The van der Waals surface area contributed by atoms with Crippen LogP contribution in [0.3, 0.4) is 0 Å². The zero-order chi connectivity index (χ0) is 20.1. The molecule has 0 radical (unpaired) electrons. The molecule has 0 aromatic heterocycles. The van der Waals surface area contributed by atoms with Crippen molar-refractivity contribution in [2.24, 2.45) is 0 Å². The molecule has 0 heterocycles. The number of rotatable bonds is 9. The van der Waals surface area contributed by atoms with Crippen molar-refractivity contribution < 1.29 is 0 Å². The fraction of sp³-hybridized carbons (Fsp3) is 0.154. The zero-order valence-corrected chi connectivity index (χ0v) is 17.0. The van der Waals surface area contributed by atoms with Gasteiger partial charge >= 0.3 is 0 Å². The lowest BCUT2D eigenvalue weighted by molar-refractivity contribution is 1.14. The van der Waals surface area contributed by atoms with Gasteiger partial charge in [0.25, 0.3) is 0 Å². The van der Waals surface area contributed by atoms with Gasteiger partial charge in [0, 0.05) is 17.1 Å². The second kappa shape index (κ2) is 12.3. The molecule has 0 atom stereocenters. The largest absolute Gasteiger partial charge is 0.311 e. The summed E-state index contributed by atoms with van der Waals surface area (Å²) >= 11 is 0. The molecule has 1 aromatic rings. The Balaban J connectivity index is 3.05. The number of allylic oxidation sites excluding steroid dienone is 12. The van der Waals surface area contributed by atoms with Crippen molar-refractivity contribution in [1.82, 2.24) is 0 Å². The second-order valence-electron chi connectivity index (χ2n) is 5.91. The van der Waals surface area contributed by atoms with Gasteiger partial charge in [-0.05, 0) is 63.1 Å². The molecule has 0 spiro atoms. The van der Waals surface area contributed by atoms with Crippen LogP contribution in [0, 0.1) is 0 Å². The van der Waals surface area contributed by atoms with Gasteiger partial charge in [-0.2, -0.15) is 0 Å². The number of nitrogens with zero attached hydrogens (tertiary/aromatic N) is 1. The van der Waals surface area contributed by atoms with Gasteiger partial charge in [-0.15, -0.1) is 0 Å². The Labute approximate surface area is 165 Å². The summed E-state index contributed by atoms with van der Waals surface area (Å²) in [4.78, 5) is 2.13. The van der Waals surface area contributed by atoms with Crippen molar-refractivity contribution in [3.63, 3.8) is 0 Å². The van der Waals surface area contributed by atoms with E-state index in [4.69, 9.17) is 0 Å². The maximum Gasteiger partial charge on any atom is 0.0461 e. The van der Waals surface area contributed by atoms with E-state index in [0.717, 1.165) is 28.2 Å². The highest BCUT2D eigenvalue weighted by Crippen LogP contribution is 2.25. The van der Waals surface area contributed by atoms with Crippen molar-refractivity contribution in [3.8, 4) is 0 Å². The van der Waals surface area contributed by atoms with Crippen LogP contribution in [-0.2, 0) is 0 Å². The number of benzene rings is 1. The summed E-state index contributed by atoms with van der Waals surface area (Å²) < 4.78 is 0. The van der Waals surface area contributed by atoms with Crippen LogP contribution in [0.15, 0.2) is 127 Å². The molecule has 0 amide bonds. The predicted molar refractivity (Wildman–Crippen MR) is 123 cm³/mol. The Bertz CT molecular complexity index is 796. The molecule has 1 nitrogen and oxygen atoms in total. The third-order valence-electron chi connectivity index (χ3n) is 3.87. The van der Waals surface area contributed by atoms with Crippen LogP contribution in [0.1, 0.15) is 27.7 Å². The summed E-state index contributed by atoms with van der Waals surface area (Å²) in [5, 5.41) is 0. The molecule has 0 fully saturated rings. The SMILES string of the molecule is C=C(/C=C\C(=C)N(C(/C=C\C)=C/C)c1ccccc1)/C=C/C(/C=C\C)=C/C. The summed E-state index contributed by atoms with van der Waals surface area (Å²) in [5.74, 6) is 0. The first-order valence-electron chi connectivity index (χ1n) is 9.24. The molecule has 1 rings (SSSR count). The average molecular weight is 358 g/mol. The van der Waals surface area contributed by atoms with Gasteiger partial charge < -0.3 is 4.90 Å². The predicted octanol–water partition coefficient (Wildman–Crippen LogP) is 7.68. The number of hydrogen-bond donors (Lipinski definition) is 0. The summed E-state index contributed by atoms with van der Waals surface area (Å²) in [6.45, 7) is 16.5. The fourth-order valence-corrected chi connectivity index (χ4v) is 2.51. The van der Waals surface area contributed by atoms with Gasteiger partial charge in [0.05, 0.1) is 0 Å². The third-order valence-corrected chi connectivity index (χ3v) is 3.87. The quantitative estimate of drug-likeness (QED) is 0.410. The zero-order valence-electron chi connectivity index (χ0n) is 17.0. The van der Waals surface area contributed by atoms with Crippen LogP contribution in [0.4, 0.5) is 5.69 Å². The standard InChI is InChI=1S/C26H31N/c1-7-14-24(9-3)21-19-22(5)18-20-23(6)27(25(10-4)15-8-2)26-16-12-11-13-17-26/h7-21H,5-6H2,1-4H3/b14-7-,15-8-,20-18-,21-19+,24-9+,25-10+. The first kappa shape index (κ1) is 22.0. The Morgan fingerprint density at radius 1 is 0.741 bits per heavy atom. The minimum absolute atomic E-state index is 0.877. The second-order valence-corrected chi connectivity index (χ2v) is 5.91. The molecule has 140 valence electrons. The first-order valence-corrected chi connectivity index (χ1v) is 9.24. The summed E-state index contributed by atoms with van der Waals surface area (Å²) in [5.41, 5.74) is 5.09. The molecule has 0 bridgehead atoms. The minimum atomic E-state index is 0.877. The van der Waals surface area contributed by atoms with Crippen molar-refractivity contribution in [2.75, 3.05) is 4.90 Å². The first-order chi connectivity index (χ1) is 13.1. The molecular weight excluding hydrogens is 326 g/mol. The van der Waals surface area contributed by atoms with E-state index < -0.39 is 0 Å². The van der Waals surface area contributed by atoms with E-state index in [0.29, 0.717) is 0 Å². The van der Waals surface area contributed by atoms with Crippen LogP contribution in [0.2, 0.25) is 0 Å². The Morgan fingerprint density at radius 2 is 1.37 bits per heavy atom. The molecule has 0 saturated carbocycles. The van der Waals surface area contributed by atoms with Crippen molar-refractivity contribution >= 4 is 5.69 Å². The Morgan fingerprint density at radius 3 is 1.93 bits per heavy atom. The van der Waals surface area contributed by atoms with Crippen LogP contribution < -0.4 is 4.90 Å². The smallest absolute Gasteiger partial charge is 0.0461 e. The van der Waals surface area contributed by atoms with Crippen LogP contribution in [-0.4, -0.2) is 0 Å². The molecule has 0 aliphatic heterocycles. The molecule has 0 aliphatic carbocycles. The molecule has 0 unspecified atom stereocenters. The molecular formula is C26H31N. The summed E-state index contributed by atoms with van der Waals surface area (Å²) in [6, 6.07) is 10.2. The molecule has 1 aromatic carbocycles. The number of para-hydroxylation sites is 1. The molecule has 1 heteroatoms. The van der Waals surface area contributed by atoms with Gasteiger partial charge in [0.2, 0.25) is 0 Å². The highest BCUT2D eigenvalue weighted by molar-refractivity contribution is 5.62. The van der Waals surface area contributed by atoms with Gasteiger partial charge in [-0.3, -0.25) is 0 Å². The van der Waals surface area contributed by atoms with E-state index >= 15 is 0 Å². The van der Waals surface area contributed by atoms with E-state index in [1.807, 2.05) is 76.3 Å². The Hall–Kier alpha value is -3.06. The lowest BCUT2D eigenvalue weighted by Gasteiger charge is -2.26.